The molecule has 2 aliphatic rings. The Balaban J connectivity index is 1.43. The predicted molar refractivity (Wildman–Crippen MR) is 127 cm³/mol. The number of amides is 1. The number of hydrogen-bond acceptors (Lipinski definition) is 5. The third-order valence-corrected chi connectivity index (χ3v) is 6.93. The first kappa shape index (κ1) is 20.7. The number of halogens is 1. The largest absolute Gasteiger partial charge is 0.370 e. The zero-order chi connectivity index (χ0) is 22.3. The van der Waals surface area contributed by atoms with Crippen LogP contribution in [0.25, 0.3) is 22.3 Å². The van der Waals surface area contributed by atoms with Crippen LogP contribution in [0.4, 0.5) is 5.69 Å². The number of hydrogen-bond donors (Lipinski definition) is 1. The van der Waals surface area contributed by atoms with E-state index in [2.05, 4.69) is 56.7 Å². The van der Waals surface area contributed by atoms with Crippen molar-refractivity contribution in [3.63, 3.8) is 0 Å². The van der Waals surface area contributed by atoms with E-state index in [9.17, 15) is 4.79 Å². The molecular weight excluding hydrogens is 424 g/mol. The van der Waals surface area contributed by atoms with Crippen LogP contribution in [0.5, 0.6) is 0 Å². The monoisotopic (exact) mass is 448 g/mol. The van der Waals surface area contributed by atoms with E-state index in [-0.39, 0.29) is 5.91 Å². The first-order valence-electron chi connectivity index (χ1n) is 10.9. The number of nitrogens with one attached hydrogen (secondary N) is 1. The van der Waals surface area contributed by atoms with E-state index >= 15 is 0 Å². The van der Waals surface area contributed by atoms with Gasteiger partial charge in [0.1, 0.15) is 0 Å². The highest BCUT2D eigenvalue weighted by molar-refractivity contribution is 6.33. The maximum absolute atomic E-state index is 12.6. The minimum atomic E-state index is -0.476. The molecule has 5 rings (SSSR count). The lowest BCUT2D eigenvalue weighted by atomic mass is 9.73. The van der Waals surface area contributed by atoms with E-state index in [0.29, 0.717) is 5.02 Å². The number of rotatable bonds is 4. The van der Waals surface area contributed by atoms with E-state index in [1.54, 1.807) is 10.9 Å². The van der Waals surface area contributed by atoms with Crippen LogP contribution < -0.4 is 10.3 Å². The molecule has 1 aromatic carbocycles. The summed E-state index contributed by atoms with van der Waals surface area (Å²) in [7, 11) is 1.91. The van der Waals surface area contributed by atoms with Gasteiger partial charge in [0.05, 0.1) is 28.0 Å². The van der Waals surface area contributed by atoms with Crippen molar-refractivity contribution in [2.45, 2.75) is 26.2 Å². The molecule has 4 heterocycles. The Kier molecular flexibility index (Phi) is 5.21. The lowest BCUT2D eigenvalue weighted by molar-refractivity contribution is -0.127. The van der Waals surface area contributed by atoms with Crippen LogP contribution in [0.15, 0.2) is 54.2 Å². The number of hydrazone groups is 1. The Hall–Kier alpha value is -3.19. The molecule has 2 aromatic heterocycles. The average molecular weight is 449 g/mol. The summed E-state index contributed by atoms with van der Waals surface area (Å²) in [5.41, 5.74) is 8.39. The Bertz CT molecular complexity index is 1190. The minimum Gasteiger partial charge on any atom is -0.370 e. The minimum absolute atomic E-state index is 0.0287. The molecule has 0 bridgehead atoms. The molecule has 1 saturated heterocycles. The summed E-state index contributed by atoms with van der Waals surface area (Å²) in [6.45, 7) is 3.52. The van der Waals surface area contributed by atoms with Crippen LogP contribution in [0.3, 0.4) is 0 Å². The number of nitrogens with zero attached hydrogens (tertiary/aromatic N) is 5. The molecule has 1 amide bonds. The number of pyridine rings is 1. The van der Waals surface area contributed by atoms with Crippen LogP contribution in [-0.2, 0) is 11.8 Å². The van der Waals surface area contributed by atoms with Crippen molar-refractivity contribution in [2.24, 2.45) is 17.6 Å². The number of carbonyl (C=O) groups is 1. The molecule has 1 fully saturated rings. The van der Waals surface area contributed by atoms with Gasteiger partial charge in [-0.1, -0.05) is 42.8 Å². The highest BCUT2D eigenvalue weighted by atomic mass is 35.5. The van der Waals surface area contributed by atoms with Crippen molar-refractivity contribution in [3.8, 4) is 22.3 Å². The van der Waals surface area contributed by atoms with Gasteiger partial charge in [0.15, 0.2) is 0 Å². The molecule has 0 aliphatic carbocycles. The second-order valence-corrected chi connectivity index (χ2v) is 8.83. The van der Waals surface area contributed by atoms with Gasteiger partial charge in [0.25, 0.3) is 5.91 Å². The fourth-order valence-corrected chi connectivity index (χ4v) is 5.16. The van der Waals surface area contributed by atoms with Crippen molar-refractivity contribution >= 4 is 28.9 Å². The van der Waals surface area contributed by atoms with E-state index in [1.165, 1.54) is 0 Å². The van der Waals surface area contributed by atoms with Gasteiger partial charge in [0, 0.05) is 49.9 Å². The van der Waals surface area contributed by atoms with Gasteiger partial charge in [-0.25, -0.2) is 5.43 Å². The fraction of sp³-hybridized carbons (Fsp3) is 0.333. The van der Waals surface area contributed by atoms with Gasteiger partial charge < -0.3 is 4.90 Å². The first-order chi connectivity index (χ1) is 15.5. The molecular formula is C24H25ClN6O. The van der Waals surface area contributed by atoms with E-state index in [1.807, 2.05) is 25.6 Å². The lowest BCUT2D eigenvalue weighted by Crippen LogP contribution is -2.48. The summed E-state index contributed by atoms with van der Waals surface area (Å²) in [6, 6.07) is 8.37. The molecule has 0 radical (unpaired) electrons. The molecule has 0 saturated carbocycles. The predicted octanol–water partition coefficient (Wildman–Crippen LogP) is 4.28. The summed E-state index contributed by atoms with van der Waals surface area (Å²) in [5, 5.41) is 9.16. The number of carbonyl (C=O) groups excluding carboxylic acids is 1. The van der Waals surface area contributed by atoms with Crippen LogP contribution in [0, 0.1) is 5.41 Å². The summed E-state index contributed by atoms with van der Waals surface area (Å²) in [5.74, 6) is 0.0287. The summed E-state index contributed by atoms with van der Waals surface area (Å²) in [6.07, 6.45) is 9.65. The first-order valence-corrected chi connectivity index (χ1v) is 11.2. The number of piperidine rings is 1. The Morgan fingerprint density at radius 2 is 1.78 bits per heavy atom. The lowest BCUT2D eigenvalue weighted by Gasteiger charge is -2.40. The second kappa shape index (κ2) is 8.06. The van der Waals surface area contributed by atoms with Gasteiger partial charge in [-0.3, -0.25) is 14.5 Å². The van der Waals surface area contributed by atoms with Crippen molar-refractivity contribution in [3.05, 3.63) is 54.1 Å². The fourth-order valence-electron chi connectivity index (χ4n) is 4.88. The molecule has 3 aromatic rings. The van der Waals surface area contributed by atoms with E-state index in [4.69, 9.17) is 11.6 Å². The van der Waals surface area contributed by atoms with E-state index in [0.717, 1.165) is 66.0 Å². The van der Waals surface area contributed by atoms with Gasteiger partial charge in [-0.2, -0.15) is 10.2 Å². The molecule has 7 nitrogen and oxygen atoms in total. The van der Waals surface area contributed by atoms with Gasteiger partial charge in [-0.05, 0) is 30.4 Å². The Labute approximate surface area is 192 Å². The molecule has 2 aliphatic heterocycles. The van der Waals surface area contributed by atoms with Gasteiger partial charge in [-0.15, -0.1) is 0 Å². The zero-order valence-corrected chi connectivity index (χ0v) is 18.9. The number of benzene rings is 1. The van der Waals surface area contributed by atoms with Crippen LogP contribution in [-0.4, -0.2) is 39.5 Å². The Morgan fingerprint density at radius 1 is 1.06 bits per heavy atom. The molecule has 1 N–H and O–H groups in total. The smallest absolute Gasteiger partial charge is 0.252 e. The molecule has 32 heavy (non-hydrogen) atoms. The van der Waals surface area contributed by atoms with Gasteiger partial charge in [0.2, 0.25) is 0 Å². The standard InChI is InChI=1S/C24H25ClN6O/c1-3-21-24(23(32)29-28-21)8-10-31(11-9-24)22-19(13-26-14-20(22)25)17-6-4-16(5-7-17)18-12-27-30(2)15-18/h4-7,12-15H,3,8-11H2,1-2H3,(H,29,32). The number of aromatic nitrogens is 3. The normalized spacial score (nSPS) is 17.5. The quantitative estimate of drug-likeness (QED) is 0.646. The second-order valence-electron chi connectivity index (χ2n) is 8.42. The third kappa shape index (κ3) is 3.37. The van der Waals surface area contributed by atoms with E-state index < -0.39 is 5.41 Å². The Morgan fingerprint density at radius 3 is 2.44 bits per heavy atom. The topological polar surface area (TPSA) is 75.4 Å². The molecule has 1 spiro atoms. The van der Waals surface area contributed by atoms with Gasteiger partial charge >= 0.3 is 0 Å². The van der Waals surface area contributed by atoms with Crippen LogP contribution >= 0.6 is 11.6 Å². The molecule has 0 atom stereocenters. The van der Waals surface area contributed by atoms with Crippen LogP contribution in [0.2, 0.25) is 5.02 Å². The van der Waals surface area contributed by atoms with Crippen LogP contribution in [0.1, 0.15) is 26.2 Å². The summed E-state index contributed by atoms with van der Waals surface area (Å²) < 4.78 is 1.80. The molecule has 0 unspecified atom stereocenters. The number of aryl methyl sites for hydroxylation is 1. The summed E-state index contributed by atoms with van der Waals surface area (Å²) >= 11 is 6.66. The maximum atomic E-state index is 12.6. The highest BCUT2D eigenvalue weighted by Gasteiger charge is 2.48. The zero-order valence-electron chi connectivity index (χ0n) is 18.2. The SMILES string of the molecule is CCC1=NNC(=O)C12CCN(c1c(Cl)cncc1-c1ccc(-c3cnn(C)c3)cc1)CC2. The molecule has 8 heteroatoms. The van der Waals surface area contributed by atoms with Crippen molar-refractivity contribution in [2.75, 3.05) is 18.0 Å². The maximum Gasteiger partial charge on any atom is 0.252 e. The van der Waals surface area contributed by atoms with Crippen molar-refractivity contribution < 1.29 is 4.79 Å². The highest BCUT2D eigenvalue weighted by Crippen LogP contribution is 2.43. The molecule has 164 valence electrons. The summed E-state index contributed by atoms with van der Waals surface area (Å²) in [4.78, 5) is 19.2. The van der Waals surface area contributed by atoms with Crippen molar-refractivity contribution in [1.29, 1.82) is 0 Å². The van der Waals surface area contributed by atoms with Crippen molar-refractivity contribution in [1.82, 2.24) is 20.2 Å². The third-order valence-electron chi connectivity index (χ3n) is 6.65. The number of anilines is 1. The average Bonchev–Trinajstić information content (AvgIpc) is 3.38.